The van der Waals surface area contributed by atoms with Crippen LogP contribution < -0.4 is 10.2 Å². The van der Waals surface area contributed by atoms with Crippen LogP contribution in [0.4, 0.5) is 4.39 Å². The van der Waals surface area contributed by atoms with Crippen molar-refractivity contribution in [1.29, 1.82) is 0 Å². The number of likely N-dealkylation sites (tertiary alicyclic amines) is 1. The zero-order valence-electron chi connectivity index (χ0n) is 22.2. The van der Waals surface area contributed by atoms with E-state index in [1.165, 1.54) is 17.2 Å². The summed E-state index contributed by atoms with van der Waals surface area (Å²) >= 11 is 0. The third-order valence-electron chi connectivity index (χ3n) is 6.55. The van der Waals surface area contributed by atoms with Gasteiger partial charge in [0, 0.05) is 38.3 Å². The number of nitrogens with zero attached hydrogens (tertiary/aromatic N) is 3. The number of halogens is 1. The molecule has 1 N–H and O–H groups in total. The molecule has 1 atom stereocenters. The highest BCUT2D eigenvalue weighted by molar-refractivity contribution is 5.78. The monoisotopic (exact) mass is 518 g/mol. The molecule has 0 spiro atoms. The SMILES string of the molecule is C=C(ONC(C)C(C)C)N1CCC(OCCOc2ccc(CC(=O)N(C)Cc3ccon3)c(F)c2)CC1. The summed E-state index contributed by atoms with van der Waals surface area (Å²) in [6.45, 7) is 13.0. The molecule has 3 rings (SSSR count). The highest BCUT2D eigenvalue weighted by Gasteiger charge is 2.22. The number of piperidine rings is 1. The summed E-state index contributed by atoms with van der Waals surface area (Å²) in [7, 11) is 1.64. The van der Waals surface area contributed by atoms with Crippen LogP contribution in [0.25, 0.3) is 0 Å². The molecule has 1 unspecified atom stereocenters. The number of nitrogens with one attached hydrogen (secondary N) is 1. The fourth-order valence-corrected chi connectivity index (χ4v) is 3.72. The molecule has 37 heavy (non-hydrogen) atoms. The van der Waals surface area contributed by atoms with Crippen molar-refractivity contribution < 1.29 is 28.0 Å². The number of carbonyl (C=O) groups excluding carboxylic acids is 1. The Bertz CT molecular complexity index is 993. The van der Waals surface area contributed by atoms with Crippen molar-refractivity contribution in [2.24, 2.45) is 5.92 Å². The molecule has 0 aliphatic carbocycles. The van der Waals surface area contributed by atoms with Crippen LogP contribution in [0.2, 0.25) is 0 Å². The first-order valence-electron chi connectivity index (χ1n) is 12.7. The van der Waals surface area contributed by atoms with E-state index >= 15 is 0 Å². The molecule has 2 heterocycles. The van der Waals surface area contributed by atoms with E-state index < -0.39 is 5.82 Å². The summed E-state index contributed by atoms with van der Waals surface area (Å²) in [4.78, 5) is 21.6. The highest BCUT2D eigenvalue weighted by Crippen LogP contribution is 2.20. The van der Waals surface area contributed by atoms with Gasteiger partial charge < -0.3 is 28.6 Å². The van der Waals surface area contributed by atoms with Gasteiger partial charge in [-0.05, 0) is 43.9 Å². The van der Waals surface area contributed by atoms with Gasteiger partial charge in [0.25, 0.3) is 0 Å². The second-order valence-electron chi connectivity index (χ2n) is 9.72. The van der Waals surface area contributed by atoms with Crippen molar-refractivity contribution in [3.8, 4) is 5.75 Å². The molecule has 10 heteroatoms. The van der Waals surface area contributed by atoms with Gasteiger partial charge in [-0.3, -0.25) is 4.79 Å². The predicted molar refractivity (Wildman–Crippen MR) is 137 cm³/mol. The molecule has 1 aromatic carbocycles. The Balaban J connectivity index is 1.32. The number of likely N-dealkylation sites (N-methyl/N-ethyl adjacent to an activating group) is 1. The molecule has 1 aliphatic heterocycles. The van der Waals surface area contributed by atoms with Crippen molar-refractivity contribution >= 4 is 5.91 Å². The number of amides is 1. The van der Waals surface area contributed by atoms with Gasteiger partial charge in [0.2, 0.25) is 11.8 Å². The number of hydrogen-bond acceptors (Lipinski definition) is 8. The summed E-state index contributed by atoms with van der Waals surface area (Å²) in [5.74, 6) is 0.805. The van der Waals surface area contributed by atoms with Gasteiger partial charge in [-0.15, -0.1) is 0 Å². The number of hydroxylamine groups is 1. The Morgan fingerprint density at radius 2 is 2.03 bits per heavy atom. The van der Waals surface area contributed by atoms with Gasteiger partial charge >= 0.3 is 0 Å². The van der Waals surface area contributed by atoms with Gasteiger partial charge in [0.05, 0.1) is 25.7 Å². The minimum atomic E-state index is -0.478. The van der Waals surface area contributed by atoms with Crippen LogP contribution in [0.15, 0.2) is 47.5 Å². The molecular weight excluding hydrogens is 479 g/mol. The summed E-state index contributed by atoms with van der Waals surface area (Å²) in [6.07, 6.45) is 3.26. The third-order valence-corrected chi connectivity index (χ3v) is 6.55. The maximum atomic E-state index is 14.6. The molecule has 1 aliphatic rings. The molecule has 2 aromatic rings. The van der Waals surface area contributed by atoms with Gasteiger partial charge in [0.15, 0.2) is 0 Å². The smallest absolute Gasteiger partial charge is 0.227 e. The fourth-order valence-electron chi connectivity index (χ4n) is 3.72. The Hall–Kier alpha value is -3.11. The Morgan fingerprint density at radius 3 is 2.68 bits per heavy atom. The molecule has 1 saturated heterocycles. The second kappa shape index (κ2) is 14.0. The number of aromatic nitrogens is 1. The maximum Gasteiger partial charge on any atom is 0.227 e. The number of ether oxygens (including phenoxy) is 2. The quantitative estimate of drug-likeness (QED) is 0.229. The van der Waals surface area contributed by atoms with E-state index in [0.717, 1.165) is 25.9 Å². The lowest BCUT2D eigenvalue weighted by atomic mass is 10.1. The number of carbonyl (C=O) groups is 1. The average Bonchev–Trinajstić information content (AvgIpc) is 3.39. The van der Waals surface area contributed by atoms with Gasteiger partial charge in [-0.25, -0.2) is 4.39 Å². The molecular formula is C27H39FN4O5. The second-order valence-corrected chi connectivity index (χ2v) is 9.72. The van der Waals surface area contributed by atoms with Crippen LogP contribution in [0, 0.1) is 11.7 Å². The normalized spacial score (nSPS) is 15.0. The third kappa shape index (κ3) is 9.05. The lowest BCUT2D eigenvalue weighted by Crippen LogP contribution is -2.40. The number of benzene rings is 1. The van der Waals surface area contributed by atoms with Crippen LogP contribution in [0.1, 0.15) is 44.9 Å². The Labute approximate surface area is 218 Å². The maximum absolute atomic E-state index is 14.6. The first-order valence-corrected chi connectivity index (χ1v) is 12.7. The molecule has 9 nitrogen and oxygen atoms in total. The topological polar surface area (TPSA) is 89.3 Å². The Kier molecular flexibility index (Phi) is 10.8. The zero-order valence-corrected chi connectivity index (χ0v) is 22.2. The predicted octanol–water partition coefficient (Wildman–Crippen LogP) is 3.91. The van der Waals surface area contributed by atoms with Gasteiger partial charge in [0.1, 0.15) is 30.1 Å². The van der Waals surface area contributed by atoms with E-state index in [2.05, 4.69) is 42.9 Å². The van der Waals surface area contributed by atoms with E-state index in [-0.39, 0.29) is 24.5 Å². The summed E-state index contributed by atoms with van der Waals surface area (Å²) in [6, 6.07) is 6.47. The lowest BCUT2D eigenvalue weighted by molar-refractivity contribution is -0.129. The zero-order chi connectivity index (χ0) is 26.8. The van der Waals surface area contributed by atoms with E-state index in [1.54, 1.807) is 25.2 Å². The van der Waals surface area contributed by atoms with Crippen molar-refractivity contribution in [2.45, 2.75) is 58.7 Å². The molecule has 1 amide bonds. The molecule has 1 fully saturated rings. The van der Waals surface area contributed by atoms with E-state index in [1.807, 2.05) is 0 Å². The van der Waals surface area contributed by atoms with Crippen molar-refractivity contribution in [2.75, 3.05) is 33.4 Å². The summed E-state index contributed by atoms with van der Waals surface area (Å²) in [5.41, 5.74) is 3.98. The lowest BCUT2D eigenvalue weighted by Gasteiger charge is -2.34. The van der Waals surface area contributed by atoms with Crippen LogP contribution in [0.5, 0.6) is 5.75 Å². The first-order chi connectivity index (χ1) is 17.7. The minimum Gasteiger partial charge on any atom is -0.491 e. The van der Waals surface area contributed by atoms with E-state index in [4.69, 9.17) is 18.8 Å². The van der Waals surface area contributed by atoms with Gasteiger partial charge in [-0.2, -0.15) is 5.48 Å². The largest absolute Gasteiger partial charge is 0.491 e. The number of hydrogen-bond donors (Lipinski definition) is 1. The fraction of sp³-hybridized carbons (Fsp3) is 0.556. The highest BCUT2D eigenvalue weighted by atomic mass is 19.1. The summed E-state index contributed by atoms with van der Waals surface area (Å²) in [5, 5.41) is 3.78. The standard InChI is InChI=1S/C27H39FN4O5/c1-19(2)20(3)29-37-21(4)32-11-8-24(9-12-32)34-14-15-35-25-7-6-22(26(28)17-25)16-27(33)31(5)18-23-10-13-36-30-23/h6-7,10,13,17,19-20,24,29H,4,8-9,11-12,14-16,18H2,1-3,5H3. The van der Waals surface area contributed by atoms with E-state index in [9.17, 15) is 9.18 Å². The molecule has 0 bridgehead atoms. The number of rotatable bonds is 14. The van der Waals surface area contributed by atoms with Crippen molar-refractivity contribution in [3.63, 3.8) is 0 Å². The molecule has 1 aromatic heterocycles. The minimum absolute atomic E-state index is 0.0491. The van der Waals surface area contributed by atoms with Crippen LogP contribution >= 0.6 is 0 Å². The van der Waals surface area contributed by atoms with Crippen molar-refractivity contribution in [1.82, 2.24) is 20.4 Å². The van der Waals surface area contributed by atoms with Crippen LogP contribution in [-0.2, 0) is 27.3 Å². The Morgan fingerprint density at radius 1 is 1.27 bits per heavy atom. The molecule has 0 radical (unpaired) electrons. The molecule has 0 saturated carbocycles. The first kappa shape index (κ1) is 28.5. The van der Waals surface area contributed by atoms with Crippen LogP contribution in [-0.4, -0.2) is 66.4 Å². The average molecular weight is 519 g/mol. The van der Waals surface area contributed by atoms with E-state index in [0.29, 0.717) is 48.6 Å². The van der Waals surface area contributed by atoms with Crippen molar-refractivity contribution in [3.05, 3.63) is 60.1 Å². The summed E-state index contributed by atoms with van der Waals surface area (Å²) < 4.78 is 30.9. The van der Waals surface area contributed by atoms with Crippen LogP contribution in [0.3, 0.4) is 0 Å². The molecule has 204 valence electrons. The van der Waals surface area contributed by atoms with Gasteiger partial charge in [-0.1, -0.05) is 25.1 Å².